The van der Waals surface area contributed by atoms with E-state index < -0.39 is 11.1 Å². The number of aromatic nitrogens is 2. The van der Waals surface area contributed by atoms with Gasteiger partial charge in [-0.1, -0.05) is 20.8 Å². The molecule has 0 aromatic carbocycles. The zero-order valence-corrected chi connectivity index (χ0v) is 11.2. The number of nitrogens with two attached hydrogens (primary N) is 1. The molecule has 0 aliphatic carbocycles. The van der Waals surface area contributed by atoms with E-state index in [0.29, 0.717) is 18.0 Å². The van der Waals surface area contributed by atoms with E-state index >= 15 is 4.39 Å². The molecule has 0 fully saturated rings. The second-order valence-corrected chi connectivity index (χ2v) is 5.13. The van der Waals surface area contributed by atoms with Crippen LogP contribution in [-0.4, -0.2) is 23.4 Å². The van der Waals surface area contributed by atoms with Gasteiger partial charge >= 0.3 is 0 Å². The van der Waals surface area contributed by atoms with Gasteiger partial charge in [0.05, 0.1) is 13.3 Å². The minimum Gasteiger partial charge on any atom is -0.493 e. The SMILES string of the molecule is CCn1ncc(OC)c1C(F)(CN)C(C)(C)C. The second kappa shape index (κ2) is 4.64. The van der Waals surface area contributed by atoms with Crippen LogP contribution in [0.5, 0.6) is 5.75 Å². The predicted octanol–water partition coefficient (Wildman–Crippen LogP) is 2.08. The maximum absolute atomic E-state index is 15.2. The van der Waals surface area contributed by atoms with E-state index in [0.717, 1.165) is 0 Å². The fraction of sp³-hybridized carbons (Fsp3) is 0.750. The first kappa shape index (κ1) is 14.0. The first-order valence-electron chi connectivity index (χ1n) is 5.81. The highest BCUT2D eigenvalue weighted by atomic mass is 19.1. The van der Waals surface area contributed by atoms with Crippen molar-refractivity contribution in [3.63, 3.8) is 0 Å². The zero-order chi connectivity index (χ0) is 13.3. The number of hydrogen-bond donors (Lipinski definition) is 1. The summed E-state index contributed by atoms with van der Waals surface area (Å²) < 4.78 is 22.0. The Bertz CT molecular complexity index is 362. The van der Waals surface area contributed by atoms with Crippen LogP contribution in [0.1, 0.15) is 33.4 Å². The third-order valence-corrected chi connectivity index (χ3v) is 3.17. The van der Waals surface area contributed by atoms with Gasteiger partial charge in [0.25, 0.3) is 0 Å². The molecule has 0 spiro atoms. The molecule has 0 bridgehead atoms. The molecule has 1 heterocycles. The van der Waals surface area contributed by atoms with Crippen LogP contribution in [0.2, 0.25) is 0 Å². The topological polar surface area (TPSA) is 53.1 Å². The van der Waals surface area contributed by atoms with Gasteiger partial charge in [0.1, 0.15) is 5.69 Å². The molecule has 1 unspecified atom stereocenters. The number of hydrogen-bond acceptors (Lipinski definition) is 3. The normalized spacial score (nSPS) is 15.7. The van der Waals surface area contributed by atoms with E-state index in [4.69, 9.17) is 10.5 Å². The largest absolute Gasteiger partial charge is 0.493 e. The molecule has 1 rings (SSSR count). The Morgan fingerprint density at radius 1 is 1.47 bits per heavy atom. The van der Waals surface area contributed by atoms with Gasteiger partial charge in [0.2, 0.25) is 0 Å². The second-order valence-electron chi connectivity index (χ2n) is 5.13. The number of rotatable bonds is 4. The Labute approximate surface area is 102 Å². The molecule has 5 heteroatoms. The molecule has 2 N–H and O–H groups in total. The summed E-state index contributed by atoms with van der Waals surface area (Å²) in [6.07, 6.45) is 1.54. The van der Waals surface area contributed by atoms with E-state index in [2.05, 4.69) is 5.10 Å². The highest BCUT2D eigenvalue weighted by Crippen LogP contribution is 2.45. The molecule has 0 aliphatic rings. The van der Waals surface area contributed by atoms with Gasteiger partial charge in [0.15, 0.2) is 11.4 Å². The maximum Gasteiger partial charge on any atom is 0.172 e. The first-order chi connectivity index (χ1) is 7.81. The van der Waals surface area contributed by atoms with Crippen molar-refractivity contribution >= 4 is 0 Å². The molecule has 1 atom stereocenters. The van der Waals surface area contributed by atoms with Gasteiger partial charge in [-0.25, -0.2) is 4.39 Å². The molecule has 0 saturated carbocycles. The van der Waals surface area contributed by atoms with Crippen LogP contribution in [0.25, 0.3) is 0 Å². The molecule has 1 aromatic heterocycles. The number of ether oxygens (including phenoxy) is 1. The van der Waals surface area contributed by atoms with Crippen LogP contribution in [0.3, 0.4) is 0 Å². The molecule has 1 aromatic rings. The van der Waals surface area contributed by atoms with Crippen molar-refractivity contribution in [1.82, 2.24) is 9.78 Å². The average molecular weight is 243 g/mol. The molecule has 98 valence electrons. The summed E-state index contributed by atoms with van der Waals surface area (Å²) in [4.78, 5) is 0. The number of alkyl halides is 1. The molecule has 0 saturated heterocycles. The van der Waals surface area contributed by atoms with Gasteiger partial charge in [-0.15, -0.1) is 0 Å². The van der Waals surface area contributed by atoms with E-state index in [9.17, 15) is 0 Å². The zero-order valence-electron chi connectivity index (χ0n) is 11.2. The lowest BCUT2D eigenvalue weighted by Gasteiger charge is -2.37. The number of aryl methyl sites for hydroxylation is 1. The minimum absolute atomic E-state index is 0.0987. The monoisotopic (exact) mass is 243 g/mol. The van der Waals surface area contributed by atoms with Crippen LogP contribution < -0.4 is 10.5 Å². The molecule has 0 aliphatic heterocycles. The number of halogens is 1. The smallest absolute Gasteiger partial charge is 0.172 e. The predicted molar refractivity (Wildman–Crippen MR) is 65.7 cm³/mol. The van der Waals surface area contributed by atoms with Crippen molar-refractivity contribution in [3.05, 3.63) is 11.9 Å². The third-order valence-electron chi connectivity index (χ3n) is 3.17. The number of methoxy groups -OCH3 is 1. The van der Waals surface area contributed by atoms with Gasteiger partial charge in [-0.2, -0.15) is 5.10 Å². The summed E-state index contributed by atoms with van der Waals surface area (Å²) in [7, 11) is 1.51. The van der Waals surface area contributed by atoms with Gasteiger partial charge in [-0.05, 0) is 6.92 Å². The molecule has 4 nitrogen and oxygen atoms in total. The summed E-state index contributed by atoms with van der Waals surface area (Å²) in [6.45, 7) is 7.87. The van der Waals surface area contributed by atoms with Crippen molar-refractivity contribution in [2.45, 2.75) is 39.9 Å². The standard InChI is InChI=1S/C12H22FN3O/c1-6-16-10(9(17-5)7-15-16)12(13,8-14)11(2,3)4/h7H,6,8,14H2,1-5H3. The van der Waals surface area contributed by atoms with Crippen LogP contribution >= 0.6 is 0 Å². The lowest BCUT2D eigenvalue weighted by atomic mass is 9.75. The summed E-state index contributed by atoms with van der Waals surface area (Å²) in [5.41, 5.74) is 3.80. The first-order valence-corrected chi connectivity index (χ1v) is 5.81. The quantitative estimate of drug-likeness (QED) is 0.881. The highest BCUT2D eigenvalue weighted by Gasteiger charge is 2.47. The van der Waals surface area contributed by atoms with Crippen LogP contribution in [0, 0.1) is 5.41 Å². The summed E-state index contributed by atoms with van der Waals surface area (Å²) in [5.74, 6) is 0.453. The molecular formula is C12H22FN3O. The van der Waals surface area contributed by atoms with E-state index in [1.807, 2.05) is 27.7 Å². The Morgan fingerprint density at radius 2 is 2.06 bits per heavy atom. The Balaban J connectivity index is 3.42. The average Bonchev–Trinajstić information content (AvgIpc) is 2.69. The third kappa shape index (κ3) is 2.16. The minimum atomic E-state index is -1.66. The fourth-order valence-electron chi connectivity index (χ4n) is 1.92. The van der Waals surface area contributed by atoms with Crippen molar-refractivity contribution in [1.29, 1.82) is 0 Å². The summed E-state index contributed by atoms with van der Waals surface area (Å²) in [5, 5.41) is 4.13. The van der Waals surface area contributed by atoms with E-state index in [1.165, 1.54) is 13.3 Å². The lowest BCUT2D eigenvalue weighted by molar-refractivity contribution is 0.0230. The Morgan fingerprint density at radius 3 is 2.41 bits per heavy atom. The molecule has 17 heavy (non-hydrogen) atoms. The van der Waals surface area contributed by atoms with Gasteiger partial charge in [-0.3, -0.25) is 4.68 Å². The van der Waals surface area contributed by atoms with Crippen molar-refractivity contribution in [2.24, 2.45) is 11.1 Å². The van der Waals surface area contributed by atoms with Crippen molar-refractivity contribution in [2.75, 3.05) is 13.7 Å². The molecule has 0 radical (unpaired) electrons. The number of nitrogens with zero attached hydrogens (tertiary/aromatic N) is 2. The van der Waals surface area contributed by atoms with Crippen LogP contribution in [-0.2, 0) is 12.2 Å². The lowest BCUT2D eigenvalue weighted by Crippen LogP contribution is -2.44. The van der Waals surface area contributed by atoms with Crippen LogP contribution in [0.4, 0.5) is 4.39 Å². The molecular weight excluding hydrogens is 221 g/mol. The Hall–Kier alpha value is -1.10. The molecule has 0 amide bonds. The van der Waals surface area contributed by atoms with E-state index in [1.54, 1.807) is 4.68 Å². The highest BCUT2D eigenvalue weighted by molar-refractivity contribution is 5.33. The van der Waals surface area contributed by atoms with Crippen molar-refractivity contribution in [3.8, 4) is 5.75 Å². The van der Waals surface area contributed by atoms with Crippen molar-refractivity contribution < 1.29 is 9.13 Å². The van der Waals surface area contributed by atoms with Crippen LogP contribution in [0.15, 0.2) is 6.20 Å². The Kier molecular flexibility index (Phi) is 3.81. The maximum atomic E-state index is 15.2. The summed E-state index contributed by atoms with van der Waals surface area (Å²) >= 11 is 0. The van der Waals surface area contributed by atoms with Gasteiger partial charge < -0.3 is 10.5 Å². The summed E-state index contributed by atoms with van der Waals surface area (Å²) in [6, 6.07) is 0. The van der Waals surface area contributed by atoms with Gasteiger partial charge in [0, 0.05) is 18.5 Å². The van der Waals surface area contributed by atoms with E-state index in [-0.39, 0.29) is 6.54 Å². The fourth-order valence-corrected chi connectivity index (χ4v) is 1.92.